The van der Waals surface area contributed by atoms with Gasteiger partial charge in [0, 0.05) is 0 Å². The van der Waals surface area contributed by atoms with Gasteiger partial charge in [-0.2, -0.15) is 5.10 Å². The fraction of sp³-hybridized carbons (Fsp3) is 0.818. The Kier molecular flexibility index (Phi) is 5.60. The third-order valence-electron chi connectivity index (χ3n) is 6.64. The summed E-state index contributed by atoms with van der Waals surface area (Å²) >= 11 is 0. The van der Waals surface area contributed by atoms with E-state index in [0.717, 1.165) is 25.0 Å². The Morgan fingerprint density at radius 2 is 1.83 bits per heavy atom. The number of nitrogens with zero attached hydrogens (tertiary/aromatic N) is 2. The molecule has 0 spiro atoms. The summed E-state index contributed by atoms with van der Waals surface area (Å²) in [6.45, 7) is 19.5. The molecular weight excluding hydrogens is 398 g/mol. The third-order valence-corrected chi connectivity index (χ3v) is 11.1. The number of hydrogen-bond acceptors (Lipinski definition) is 5. The van der Waals surface area contributed by atoms with Crippen LogP contribution < -0.4 is 10.1 Å². The molecule has 0 aromatic carbocycles. The molecule has 1 aromatic heterocycles. The highest BCUT2D eigenvalue weighted by Crippen LogP contribution is 2.65. The van der Waals surface area contributed by atoms with E-state index in [0.29, 0.717) is 6.61 Å². The van der Waals surface area contributed by atoms with E-state index in [4.69, 9.17) is 13.9 Å². The van der Waals surface area contributed by atoms with Crippen LogP contribution in [0.5, 0.6) is 5.75 Å². The summed E-state index contributed by atoms with van der Waals surface area (Å²) in [6.07, 6.45) is 6.01. The smallest absolute Gasteiger partial charge is 0.408 e. The molecule has 3 aliphatic rings. The highest BCUT2D eigenvalue weighted by atomic mass is 28.4. The second-order valence-corrected chi connectivity index (χ2v) is 16.6. The first-order valence-corrected chi connectivity index (χ1v) is 13.8. The quantitative estimate of drug-likeness (QED) is 0.619. The Hall–Kier alpha value is -1.54. The van der Waals surface area contributed by atoms with Gasteiger partial charge in [-0.1, -0.05) is 20.8 Å². The summed E-state index contributed by atoms with van der Waals surface area (Å²) < 4.78 is 19.7. The summed E-state index contributed by atoms with van der Waals surface area (Å²) in [5.41, 5.74) is -0.623. The van der Waals surface area contributed by atoms with Crippen molar-refractivity contribution in [1.82, 2.24) is 15.1 Å². The molecule has 1 aromatic rings. The van der Waals surface area contributed by atoms with Gasteiger partial charge < -0.3 is 19.2 Å². The number of ether oxygens (including phenoxy) is 2. The number of rotatable bonds is 7. The van der Waals surface area contributed by atoms with Gasteiger partial charge in [-0.15, -0.1) is 0 Å². The Labute approximate surface area is 182 Å². The summed E-state index contributed by atoms with van der Waals surface area (Å²) in [5, 5.41) is 7.77. The number of carbonyl (C=O) groups is 1. The predicted molar refractivity (Wildman–Crippen MR) is 119 cm³/mol. The number of nitrogens with one attached hydrogen (secondary N) is 1. The minimum absolute atomic E-state index is 0.00248. The minimum atomic E-state index is -1.78. The summed E-state index contributed by atoms with van der Waals surface area (Å²) in [4.78, 5) is 12.1. The van der Waals surface area contributed by atoms with Crippen molar-refractivity contribution in [3.05, 3.63) is 12.4 Å². The highest BCUT2D eigenvalue weighted by Gasteiger charge is 2.70. The van der Waals surface area contributed by atoms with E-state index in [1.54, 1.807) is 6.20 Å². The molecule has 3 saturated carbocycles. The molecule has 0 radical (unpaired) electrons. The second-order valence-electron chi connectivity index (χ2n) is 11.8. The van der Waals surface area contributed by atoms with Crippen molar-refractivity contribution >= 4 is 14.4 Å². The molecule has 1 N–H and O–H groups in total. The van der Waals surface area contributed by atoms with E-state index >= 15 is 0 Å². The summed E-state index contributed by atoms with van der Waals surface area (Å²) in [5.74, 6) is 0.764. The number of amides is 1. The monoisotopic (exact) mass is 437 g/mol. The summed E-state index contributed by atoms with van der Waals surface area (Å²) in [6, 6.07) is 0. The lowest BCUT2D eigenvalue weighted by Gasteiger charge is -2.69. The second kappa shape index (κ2) is 7.26. The molecule has 1 amide bonds. The van der Waals surface area contributed by atoms with Gasteiger partial charge in [0.2, 0.25) is 0 Å². The van der Waals surface area contributed by atoms with E-state index in [1.807, 2.05) is 38.6 Å². The van der Waals surface area contributed by atoms with Crippen LogP contribution in [0.15, 0.2) is 12.4 Å². The number of carbonyl (C=O) groups excluding carboxylic acids is 1. The topological polar surface area (TPSA) is 74.6 Å². The van der Waals surface area contributed by atoms with Crippen LogP contribution in [0.4, 0.5) is 4.79 Å². The average Bonchev–Trinajstić information content (AvgIpc) is 2.92. The fourth-order valence-corrected chi connectivity index (χ4v) is 5.15. The van der Waals surface area contributed by atoms with Crippen molar-refractivity contribution in [3.63, 3.8) is 0 Å². The molecular formula is C22H39N3O4Si. The summed E-state index contributed by atoms with van der Waals surface area (Å²) in [7, 11) is -1.78. The van der Waals surface area contributed by atoms with E-state index in [1.165, 1.54) is 0 Å². The van der Waals surface area contributed by atoms with Gasteiger partial charge in [-0.3, -0.25) is 4.68 Å². The molecule has 3 fully saturated rings. The zero-order chi connectivity index (χ0) is 22.6. The van der Waals surface area contributed by atoms with Crippen molar-refractivity contribution in [2.75, 3.05) is 6.61 Å². The molecule has 2 bridgehead atoms. The van der Waals surface area contributed by atoms with Gasteiger partial charge in [-0.05, 0) is 65.1 Å². The molecule has 4 rings (SSSR count). The van der Waals surface area contributed by atoms with Crippen LogP contribution in [0.25, 0.3) is 0 Å². The molecule has 8 heteroatoms. The predicted octanol–water partition coefficient (Wildman–Crippen LogP) is 4.83. The van der Waals surface area contributed by atoms with Crippen LogP contribution in [0.1, 0.15) is 67.7 Å². The van der Waals surface area contributed by atoms with E-state index < -0.39 is 13.9 Å². The maximum Gasteiger partial charge on any atom is 0.408 e. The lowest BCUT2D eigenvalue weighted by molar-refractivity contribution is -0.143. The van der Waals surface area contributed by atoms with Gasteiger partial charge in [0.05, 0.1) is 30.1 Å². The van der Waals surface area contributed by atoms with Crippen molar-refractivity contribution in [1.29, 1.82) is 0 Å². The highest BCUT2D eigenvalue weighted by molar-refractivity contribution is 6.74. The van der Waals surface area contributed by atoms with E-state index in [2.05, 4.69) is 44.3 Å². The van der Waals surface area contributed by atoms with Crippen molar-refractivity contribution in [2.45, 2.75) is 109 Å². The van der Waals surface area contributed by atoms with Crippen LogP contribution in [0.2, 0.25) is 18.1 Å². The van der Waals surface area contributed by atoms with Crippen LogP contribution in [-0.4, -0.2) is 48.0 Å². The SMILES string of the molecule is C[C@@H](CO[Si](C)(C)C(C)(C)C)Oc1cnn(C23CC(NC(=O)OC(C)(C)C)(C2)C3)c1. The Bertz CT molecular complexity index is 771. The van der Waals surface area contributed by atoms with Gasteiger partial charge >= 0.3 is 6.09 Å². The molecule has 1 atom stereocenters. The minimum Gasteiger partial charge on any atom is -0.485 e. The zero-order valence-electron chi connectivity index (χ0n) is 20.1. The van der Waals surface area contributed by atoms with Gasteiger partial charge in [0.15, 0.2) is 14.1 Å². The largest absolute Gasteiger partial charge is 0.485 e. The van der Waals surface area contributed by atoms with E-state index in [9.17, 15) is 4.79 Å². The van der Waals surface area contributed by atoms with Crippen molar-refractivity contribution in [3.8, 4) is 5.75 Å². The molecule has 0 unspecified atom stereocenters. The van der Waals surface area contributed by atoms with Crippen molar-refractivity contribution < 1.29 is 18.7 Å². The first kappa shape index (κ1) is 23.1. The molecule has 0 saturated heterocycles. The molecule has 3 aliphatic carbocycles. The Balaban J connectivity index is 1.48. The maximum atomic E-state index is 12.1. The first-order chi connectivity index (χ1) is 13.5. The van der Waals surface area contributed by atoms with Crippen LogP contribution >= 0.6 is 0 Å². The fourth-order valence-electron chi connectivity index (χ4n) is 4.07. The maximum absolute atomic E-state index is 12.1. The van der Waals surface area contributed by atoms with Crippen LogP contribution in [-0.2, 0) is 14.7 Å². The lowest BCUT2D eigenvalue weighted by Crippen LogP contribution is -2.79. The van der Waals surface area contributed by atoms with Crippen LogP contribution in [0, 0.1) is 0 Å². The van der Waals surface area contributed by atoms with Gasteiger partial charge in [0.1, 0.15) is 11.7 Å². The van der Waals surface area contributed by atoms with Crippen LogP contribution in [0.3, 0.4) is 0 Å². The number of alkyl carbamates (subject to hydrolysis) is 1. The Morgan fingerprint density at radius 3 is 2.37 bits per heavy atom. The lowest BCUT2D eigenvalue weighted by atomic mass is 9.44. The molecule has 170 valence electrons. The van der Waals surface area contributed by atoms with E-state index in [-0.39, 0.29) is 28.3 Å². The first-order valence-electron chi connectivity index (χ1n) is 10.9. The number of aromatic nitrogens is 2. The standard InChI is InChI=1S/C22H39N3O4Si/c1-16(12-27-30(8,9)20(5,6)7)28-17-10-23-25(11-17)22-13-21(14-22,15-22)24-18(26)29-19(2,3)4/h10-11,16H,12-15H2,1-9H3,(H,24,26)/t16-,21?,22?/m0/s1. The van der Waals surface area contributed by atoms with Gasteiger partial charge in [0.25, 0.3) is 0 Å². The molecule has 30 heavy (non-hydrogen) atoms. The third kappa shape index (κ3) is 4.69. The molecule has 7 nitrogen and oxygen atoms in total. The number of hydrogen-bond donors (Lipinski definition) is 1. The Morgan fingerprint density at radius 1 is 1.23 bits per heavy atom. The molecule has 0 aliphatic heterocycles. The van der Waals surface area contributed by atoms with Crippen molar-refractivity contribution in [2.24, 2.45) is 0 Å². The molecule has 1 heterocycles. The normalized spacial score (nSPS) is 27.0. The average molecular weight is 438 g/mol. The van der Waals surface area contributed by atoms with Gasteiger partial charge in [-0.25, -0.2) is 4.79 Å². The zero-order valence-corrected chi connectivity index (χ0v) is 21.1.